The molecule has 3 rings (SSSR count). The first-order chi connectivity index (χ1) is 13.4. The van der Waals surface area contributed by atoms with Crippen LogP contribution in [0.4, 0.5) is 5.69 Å². The second-order valence-corrected chi connectivity index (χ2v) is 6.03. The molecule has 1 aromatic carbocycles. The molecule has 8 nitrogen and oxygen atoms in total. The molecular weight excluding hydrogens is 362 g/mol. The first kappa shape index (κ1) is 18.8. The van der Waals surface area contributed by atoms with Crippen LogP contribution in [0.25, 0.3) is 17.4 Å². The minimum absolute atomic E-state index is 0.0641. The second kappa shape index (κ2) is 7.32. The maximum atomic E-state index is 12.6. The van der Waals surface area contributed by atoms with Crippen LogP contribution in [0.1, 0.15) is 19.6 Å². The summed E-state index contributed by atoms with van der Waals surface area (Å²) in [7, 11) is 0. The van der Waals surface area contributed by atoms with E-state index in [0.29, 0.717) is 17.1 Å². The van der Waals surface area contributed by atoms with Crippen LogP contribution in [0, 0.1) is 21.4 Å². The topological polar surface area (TPSA) is 117 Å². The van der Waals surface area contributed by atoms with Gasteiger partial charge in [-0.1, -0.05) is 12.1 Å². The Balaban J connectivity index is 2.03. The van der Waals surface area contributed by atoms with Gasteiger partial charge >= 0.3 is 0 Å². The van der Waals surface area contributed by atoms with Crippen molar-refractivity contribution >= 4 is 23.6 Å². The molecule has 8 heteroatoms. The zero-order chi connectivity index (χ0) is 20.4. The van der Waals surface area contributed by atoms with Gasteiger partial charge in [-0.25, -0.2) is 0 Å². The molecule has 2 heterocycles. The molecule has 140 valence electrons. The lowest BCUT2D eigenvalue weighted by atomic mass is 9.95. The number of nitro benzene ring substituents is 1. The van der Waals surface area contributed by atoms with Crippen molar-refractivity contribution in [3.8, 4) is 17.4 Å². The number of carbonyl (C=O) groups excluding carboxylic acids is 2. The van der Waals surface area contributed by atoms with Crippen LogP contribution in [-0.2, 0) is 9.59 Å². The lowest BCUT2D eigenvalue weighted by Crippen LogP contribution is -2.42. The molecule has 0 saturated carbocycles. The zero-order valence-electron chi connectivity index (χ0n) is 15.1. The van der Waals surface area contributed by atoms with Crippen molar-refractivity contribution in [1.82, 2.24) is 4.90 Å². The molecular formula is C20H15N3O5. The summed E-state index contributed by atoms with van der Waals surface area (Å²) in [4.78, 5) is 36.3. The van der Waals surface area contributed by atoms with Crippen LogP contribution in [0.2, 0.25) is 0 Å². The van der Waals surface area contributed by atoms with Crippen molar-refractivity contribution in [2.75, 3.05) is 6.54 Å². The van der Waals surface area contributed by atoms with Gasteiger partial charge in [0.05, 0.1) is 4.92 Å². The molecule has 1 aliphatic rings. The summed E-state index contributed by atoms with van der Waals surface area (Å²) in [5, 5.41) is 20.2. The van der Waals surface area contributed by atoms with E-state index in [9.17, 15) is 25.0 Å². The van der Waals surface area contributed by atoms with E-state index in [1.165, 1.54) is 25.1 Å². The molecule has 0 fully saturated rings. The number of hydrogen-bond donors (Lipinski definition) is 0. The van der Waals surface area contributed by atoms with Gasteiger partial charge in [0, 0.05) is 29.8 Å². The maximum Gasteiger partial charge on any atom is 0.271 e. The smallest absolute Gasteiger partial charge is 0.271 e. The monoisotopic (exact) mass is 377 g/mol. The highest BCUT2D eigenvalue weighted by Gasteiger charge is 2.34. The largest absolute Gasteiger partial charge is 0.457 e. The third-order valence-electron chi connectivity index (χ3n) is 4.40. The van der Waals surface area contributed by atoms with E-state index in [1.807, 2.05) is 6.07 Å². The summed E-state index contributed by atoms with van der Waals surface area (Å²) in [5.41, 5.74) is 0.849. The van der Waals surface area contributed by atoms with Gasteiger partial charge in [0.2, 0.25) is 0 Å². The molecule has 0 N–H and O–H groups in total. The number of amides is 2. The number of hydrogen-bond acceptors (Lipinski definition) is 6. The van der Waals surface area contributed by atoms with Crippen molar-refractivity contribution in [2.45, 2.75) is 13.8 Å². The van der Waals surface area contributed by atoms with Crippen molar-refractivity contribution in [2.24, 2.45) is 0 Å². The Kier molecular flexibility index (Phi) is 4.92. The summed E-state index contributed by atoms with van der Waals surface area (Å²) in [6.07, 6.45) is 1.46. The van der Waals surface area contributed by atoms with Crippen molar-refractivity contribution in [3.05, 3.63) is 69.0 Å². The predicted molar refractivity (Wildman–Crippen MR) is 99.5 cm³/mol. The summed E-state index contributed by atoms with van der Waals surface area (Å²) < 4.78 is 5.71. The molecule has 0 bridgehead atoms. The van der Waals surface area contributed by atoms with Gasteiger partial charge in [0.15, 0.2) is 0 Å². The number of nitriles is 1. The van der Waals surface area contributed by atoms with Gasteiger partial charge in [-0.3, -0.25) is 24.6 Å². The van der Waals surface area contributed by atoms with E-state index in [0.717, 1.165) is 4.90 Å². The van der Waals surface area contributed by atoms with E-state index in [4.69, 9.17) is 4.42 Å². The molecule has 0 unspecified atom stereocenters. The number of likely N-dealkylation sites (N-methyl/N-ethyl adjacent to an activating group) is 1. The number of rotatable bonds is 4. The summed E-state index contributed by atoms with van der Waals surface area (Å²) in [6, 6.07) is 11.1. The Bertz CT molecular complexity index is 1100. The fourth-order valence-electron chi connectivity index (χ4n) is 2.92. The van der Waals surface area contributed by atoms with Gasteiger partial charge in [-0.15, -0.1) is 0 Å². The Morgan fingerprint density at radius 1 is 1.25 bits per heavy atom. The van der Waals surface area contributed by atoms with Crippen molar-refractivity contribution in [3.63, 3.8) is 0 Å². The van der Waals surface area contributed by atoms with E-state index in [1.54, 1.807) is 31.2 Å². The molecule has 0 aliphatic carbocycles. The van der Waals surface area contributed by atoms with Crippen molar-refractivity contribution in [1.29, 1.82) is 5.26 Å². The number of nitrogens with zero attached hydrogens (tertiary/aromatic N) is 3. The zero-order valence-corrected chi connectivity index (χ0v) is 15.1. The van der Waals surface area contributed by atoms with Gasteiger partial charge in [-0.2, -0.15) is 5.26 Å². The van der Waals surface area contributed by atoms with E-state index >= 15 is 0 Å². The Morgan fingerprint density at radius 2 is 2.00 bits per heavy atom. The number of non-ortho nitro benzene ring substituents is 1. The highest BCUT2D eigenvalue weighted by atomic mass is 16.6. The minimum Gasteiger partial charge on any atom is -0.457 e. The second-order valence-electron chi connectivity index (χ2n) is 6.03. The first-order valence-corrected chi connectivity index (χ1v) is 8.41. The summed E-state index contributed by atoms with van der Waals surface area (Å²) in [5.74, 6) is -0.394. The Morgan fingerprint density at radius 3 is 2.64 bits per heavy atom. The maximum absolute atomic E-state index is 12.6. The van der Waals surface area contributed by atoms with Crippen LogP contribution in [0.3, 0.4) is 0 Å². The molecule has 0 atom stereocenters. The molecule has 28 heavy (non-hydrogen) atoms. The fourth-order valence-corrected chi connectivity index (χ4v) is 2.92. The van der Waals surface area contributed by atoms with E-state index in [-0.39, 0.29) is 29.0 Å². The lowest BCUT2D eigenvalue weighted by Gasteiger charge is -2.25. The van der Waals surface area contributed by atoms with E-state index < -0.39 is 16.7 Å². The average molecular weight is 377 g/mol. The molecule has 0 radical (unpaired) electrons. The summed E-state index contributed by atoms with van der Waals surface area (Å²) in [6.45, 7) is 3.33. The SMILES string of the molecule is CCN1C(=O)C(C#N)=C(C)/C(=C\c2ccc(-c3cccc([N+](=O)[O-])c3)o2)C1=O. The summed E-state index contributed by atoms with van der Waals surface area (Å²) >= 11 is 0. The fraction of sp³-hybridized carbons (Fsp3) is 0.150. The highest BCUT2D eigenvalue weighted by molar-refractivity contribution is 6.19. The Labute approximate surface area is 160 Å². The molecule has 0 saturated heterocycles. The lowest BCUT2D eigenvalue weighted by molar-refractivity contribution is -0.384. The number of imide groups is 1. The number of nitro groups is 1. The molecule has 1 aromatic heterocycles. The van der Waals surface area contributed by atoms with Crippen LogP contribution in [-0.4, -0.2) is 28.2 Å². The molecule has 0 spiro atoms. The number of benzene rings is 1. The number of carbonyl (C=O) groups is 2. The standard InChI is InChI=1S/C20H15N3O5/c1-3-22-19(24)16(12(2)17(11-21)20(22)25)10-15-7-8-18(28-15)13-5-4-6-14(9-13)23(26)27/h4-10H,3H2,1-2H3/b16-10+. The van der Waals surface area contributed by atoms with Gasteiger partial charge < -0.3 is 4.42 Å². The highest BCUT2D eigenvalue weighted by Crippen LogP contribution is 2.30. The van der Waals surface area contributed by atoms with Crippen LogP contribution < -0.4 is 0 Å². The third kappa shape index (κ3) is 3.21. The predicted octanol–water partition coefficient (Wildman–Crippen LogP) is 3.47. The van der Waals surface area contributed by atoms with Crippen LogP contribution in [0.5, 0.6) is 0 Å². The first-order valence-electron chi connectivity index (χ1n) is 8.41. The van der Waals surface area contributed by atoms with Gasteiger partial charge in [-0.05, 0) is 37.6 Å². The molecule has 2 amide bonds. The van der Waals surface area contributed by atoms with Crippen LogP contribution in [0.15, 0.2) is 57.5 Å². The third-order valence-corrected chi connectivity index (χ3v) is 4.40. The van der Waals surface area contributed by atoms with Gasteiger partial charge in [0.1, 0.15) is 23.2 Å². The molecule has 2 aromatic rings. The Hall–Kier alpha value is -3.99. The van der Waals surface area contributed by atoms with Gasteiger partial charge in [0.25, 0.3) is 17.5 Å². The average Bonchev–Trinajstić information content (AvgIpc) is 3.15. The normalized spacial score (nSPS) is 15.9. The van der Waals surface area contributed by atoms with Crippen molar-refractivity contribution < 1.29 is 18.9 Å². The van der Waals surface area contributed by atoms with Crippen LogP contribution >= 0.6 is 0 Å². The minimum atomic E-state index is -0.610. The number of furan rings is 1. The molecule has 1 aliphatic heterocycles. The quantitative estimate of drug-likeness (QED) is 0.348. The van der Waals surface area contributed by atoms with E-state index in [2.05, 4.69) is 0 Å².